The topological polar surface area (TPSA) is 51.5 Å². The Morgan fingerprint density at radius 3 is 2.64 bits per heavy atom. The van der Waals surface area contributed by atoms with E-state index in [2.05, 4.69) is 0 Å². The van der Waals surface area contributed by atoms with Crippen LogP contribution in [-0.4, -0.2) is 22.9 Å². The van der Waals surface area contributed by atoms with E-state index in [1.807, 2.05) is 0 Å². The zero-order valence-corrected chi connectivity index (χ0v) is 13.5. The van der Waals surface area contributed by atoms with E-state index in [0.717, 1.165) is 12.0 Å². The van der Waals surface area contributed by atoms with E-state index in [4.69, 9.17) is 33.0 Å². The van der Waals surface area contributed by atoms with Gasteiger partial charge in [0.1, 0.15) is 5.75 Å². The minimum Gasteiger partial charge on any atom is -0.493 e. The molecule has 1 aromatic carbocycles. The van der Waals surface area contributed by atoms with Gasteiger partial charge in [0.05, 0.1) is 13.2 Å². The smallest absolute Gasteiger partial charge is 0.254 e. The molecule has 0 saturated heterocycles. The Bertz CT molecular complexity index is 685. The third kappa shape index (κ3) is 4.77. The number of nitrogens with zero attached hydrogens (tertiary/aromatic N) is 1. The molecule has 0 aliphatic rings. The maximum Gasteiger partial charge on any atom is 0.254 e. The molecule has 0 aliphatic carbocycles. The van der Waals surface area contributed by atoms with E-state index in [9.17, 15) is 4.79 Å². The lowest BCUT2D eigenvalue weighted by Gasteiger charge is -2.10. The SMILES string of the molecule is O=c1cc(OCCCCO)ccn1Cc1ccc(Cl)cc1Cl. The van der Waals surface area contributed by atoms with Crippen molar-refractivity contribution in [2.75, 3.05) is 13.2 Å². The third-order valence-corrected chi connectivity index (χ3v) is 3.73. The molecule has 0 aliphatic heterocycles. The normalized spacial score (nSPS) is 10.7. The maximum absolute atomic E-state index is 12.1. The van der Waals surface area contributed by atoms with Gasteiger partial charge in [-0.05, 0) is 36.6 Å². The van der Waals surface area contributed by atoms with Gasteiger partial charge in [0, 0.05) is 28.9 Å². The molecule has 1 aromatic heterocycles. The van der Waals surface area contributed by atoms with E-state index >= 15 is 0 Å². The van der Waals surface area contributed by atoms with E-state index < -0.39 is 0 Å². The molecule has 0 saturated carbocycles. The Hall–Kier alpha value is -1.49. The van der Waals surface area contributed by atoms with Gasteiger partial charge in [-0.15, -0.1) is 0 Å². The average Bonchev–Trinajstić information content (AvgIpc) is 2.49. The predicted octanol–water partition coefficient (Wildman–Crippen LogP) is 3.35. The van der Waals surface area contributed by atoms with Crippen molar-refractivity contribution in [2.24, 2.45) is 0 Å². The number of hydrogen-bond donors (Lipinski definition) is 1. The second-order valence-electron chi connectivity index (χ2n) is 4.84. The third-order valence-electron chi connectivity index (χ3n) is 3.14. The first-order valence-electron chi connectivity index (χ1n) is 6.98. The van der Waals surface area contributed by atoms with Crippen LogP contribution in [0.3, 0.4) is 0 Å². The van der Waals surface area contributed by atoms with Gasteiger partial charge < -0.3 is 14.4 Å². The lowest BCUT2D eigenvalue weighted by atomic mass is 10.2. The van der Waals surface area contributed by atoms with Crippen LogP contribution in [0.2, 0.25) is 10.0 Å². The molecular formula is C16H17Cl2NO3. The summed E-state index contributed by atoms with van der Waals surface area (Å²) in [7, 11) is 0. The Morgan fingerprint density at radius 1 is 1.14 bits per heavy atom. The number of aliphatic hydroxyl groups excluding tert-OH is 1. The zero-order chi connectivity index (χ0) is 15.9. The van der Waals surface area contributed by atoms with Crippen molar-refractivity contribution in [1.29, 1.82) is 0 Å². The van der Waals surface area contributed by atoms with Crippen LogP contribution in [0.4, 0.5) is 0 Å². The van der Waals surface area contributed by atoms with Gasteiger partial charge >= 0.3 is 0 Å². The van der Waals surface area contributed by atoms with Gasteiger partial charge in [-0.3, -0.25) is 4.79 Å². The fraction of sp³-hybridized carbons (Fsp3) is 0.312. The van der Waals surface area contributed by atoms with E-state index in [1.165, 1.54) is 6.07 Å². The summed E-state index contributed by atoms with van der Waals surface area (Å²) in [6.07, 6.45) is 3.11. The molecule has 0 unspecified atom stereocenters. The summed E-state index contributed by atoms with van der Waals surface area (Å²) in [4.78, 5) is 12.1. The quantitative estimate of drug-likeness (QED) is 0.785. The number of ether oxygens (including phenoxy) is 1. The molecule has 0 radical (unpaired) electrons. The Kier molecular flexibility index (Phi) is 6.31. The molecule has 4 nitrogen and oxygen atoms in total. The summed E-state index contributed by atoms with van der Waals surface area (Å²) >= 11 is 12.0. The highest BCUT2D eigenvalue weighted by molar-refractivity contribution is 6.35. The van der Waals surface area contributed by atoms with Crippen LogP contribution >= 0.6 is 23.2 Å². The van der Waals surface area contributed by atoms with Crippen LogP contribution in [0.25, 0.3) is 0 Å². The van der Waals surface area contributed by atoms with Crippen LogP contribution in [0.5, 0.6) is 5.75 Å². The predicted molar refractivity (Wildman–Crippen MR) is 88.1 cm³/mol. The molecule has 0 spiro atoms. The van der Waals surface area contributed by atoms with Gasteiger partial charge in [0.15, 0.2) is 0 Å². The van der Waals surface area contributed by atoms with Gasteiger partial charge in [-0.25, -0.2) is 0 Å². The molecular weight excluding hydrogens is 325 g/mol. The maximum atomic E-state index is 12.1. The summed E-state index contributed by atoms with van der Waals surface area (Å²) < 4.78 is 7.02. The summed E-state index contributed by atoms with van der Waals surface area (Å²) in [6.45, 7) is 0.999. The molecule has 1 N–H and O–H groups in total. The average molecular weight is 342 g/mol. The second-order valence-corrected chi connectivity index (χ2v) is 5.69. The minimum absolute atomic E-state index is 0.146. The first-order valence-corrected chi connectivity index (χ1v) is 7.74. The zero-order valence-electron chi connectivity index (χ0n) is 12.0. The van der Waals surface area contributed by atoms with Crippen molar-refractivity contribution in [1.82, 2.24) is 4.57 Å². The fourth-order valence-corrected chi connectivity index (χ4v) is 2.42. The highest BCUT2D eigenvalue weighted by Crippen LogP contribution is 2.21. The lowest BCUT2D eigenvalue weighted by Crippen LogP contribution is -2.19. The first kappa shape index (κ1) is 16.9. The van der Waals surface area contributed by atoms with Crippen molar-refractivity contribution in [3.05, 3.63) is 62.5 Å². The fourth-order valence-electron chi connectivity index (χ4n) is 1.95. The number of benzene rings is 1. The number of aromatic nitrogens is 1. The summed E-state index contributed by atoms with van der Waals surface area (Å²) in [5, 5.41) is 9.79. The Labute approximate surface area is 138 Å². The minimum atomic E-state index is -0.161. The number of hydrogen-bond acceptors (Lipinski definition) is 3. The van der Waals surface area contributed by atoms with Crippen LogP contribution in [0.1, 0.15) is 18.4 Å². The molecule has 2 aromatic rings. The number of halogens is 2. The van der Waals surface area contributed by atoms with Crippen molar-refractivity contribution >= 4 is 23.2 Å². The van der Waals surface area contributed by atoms with Crippen molar-refractivity contribution in [2.45, 2.75) is 19.4 Å². The van der Waals surface area contributed by atoms with Crippen molar-refractivity contribution in [3.8, 4) is 5.75 Å². The molecule has 0 fully saturated rings. The summed E-state index contributed by atoms with van der Waals surface area (Å²) in [6, 6.07) is 8.39. The Morgan fingerprint density at radius 2 is 1.95 bits per heavy atom. The molecule has 0 bridgehead atoms. The van der Waals surface area contributed by atoms with Crippen LogP contribution in [-0.2, 0) is 6.54 Å². The number of pyridine rings is 1. The standard InChI is InChI=1S/C16H17Cl2NO3/c17-13-4-3-12(15(18)9-13)11-19-6-5-14(10-16(19)21)22-8-2-1-7-20/h3-6,9-10,20H,1-2,7-8,11H2. The molecule has 2 rings (SSSR count). The lowest BCUT2D eigenvalue weighted by molar-refractivity contribution is 0.253. The van der Waals surface area contributed by atoms with Crippen LogP contribution < -0.4 is 10.3 Å². The number of unbranched alkanes of at least 4 members (excludes halogenated alkanes) is 1. The molecule has 0 atom stereocenters. The summed E-state index contributed by atoms with van der Waals surface area (Å²) in [5.74, 6) is 0.529. The molecule has 0 amide bonds. The van der Waals surface area contributed by atoms with Crippen molar-refractivity contribution < 1.29 is 9.84 Å². The van der Waals surface area contributed by atoms with Gasteiger partial charge in [0.25, 0.3) is 5.56 Å². The van der Waals surface area contributed by atoms with Crippen LogP contribution in [0, 0.1) is 0 Å². The Balaban J connectivity index is 2.05. The van der Waals surface area contributed by atoms with Gasteiger partial charge in [-0.2, -0.15) is 0 Å². The molecule has 1 heterocycles. The van der Waals surface area contributed by atoms with E-state index in [-0.39, 0.29) is 12.2 Å². The van der Waals surface area contributed by atoms with E-state index in [0.29, 0.717) is 35.4 Å². The first-order chi connectivity index (χ1) is 10.6. The van der Waals surface area contributed by atoms with Crippen molar-refractivity contribution in [3.63, 3.8) is 0 Å². The van der Waals surface area contributed by atoms with Crippen LogP contribution in [0.15, 0.2) is 41.3 Å². The largest absolute Gasteiger partial charge is 0.493 e. The van der Waals surface area contributed by atoms with E-state index in [1.54, 1.807) is 35.0 Å². The number of aliphatic hydroxyl groups is 1. The van der Waals surface area contributed by atoms with Gasteiger partial charge in [0.2, 0.25) is 0 Å². The summed E-state index contributed by atoms with van der Waals surface area (Å²) in [5.41, 5.74) is 0.662. The van der Waals surface area contributed by atoms with Gasteiger partial charge in [-0.1, -0.05) is 29.3 Å². The molecule has 6 heteroatoms. The molecule has 118 valence electrons. The highest BCUT2D eigenvalue weighted by atomic mass is 35.5. The second kappa shape index (κ2) is 8.22. The monoisotopic (exact) mass is 341 g/mol. The highest BCUT2D eigenvalue weighted by Gasteiger charge is 2.05. The number of rotatable bonds is 7. The molecule has 22 heavy (non-hydrogen) atoms.